The van der Waals surface area contributed by atoms with Crippen molar-refractivity contribution in [3.8, 4) is 0 Å². The zero-order chi connectivity index (χ0) is 13.5. The third kappa shape index (κ3) is 4.09. The average Bonchev–Trinajstić information content (AvgIpc) is 2.37. The predicted molar refractivity (Wildman–Crippen MR) is 76.4 cm³/mol. The van der Waals surface area contributed by atoms with Gasteiger partial charge in [0.1, 0.15) is 0 Å². The Morgan fingerprint density at radius 1 is 1.33 bits per heavy atom. The molecule has 2 unspecified atom stereocenters. The van der Waals surface area contributed by atoms with Gasteiger partial charge >= 0.3 is 0 Å². The molecular weight excluding hydrogens is 224 g/mol. The zero-order valence-corrected chi connectivity index (χ0v) is 12.0. The quantitative estimate of drug-likeness (QED) is 0.577. The highest BCUT2D eigenvalue weighted by Crippen LogP contribution is 2.16. The van der Waals surface area contributed by atoms with E-state index in [1.807, 2.05) is 0 Å². The Labute approximate surface area is 111 Å². The van der Waals surface area contributed by atoms with Crippen LogP contribution in [-0.4, -0.2) is 19.3 Å². The molecule has 0 saturated carbocycles. The van der Waals surface area contributed by atoms with E-state index in [1.165, 1.54) is 16.7 Å². The van der Waals surface area contributed by atoms with Crippen LogP contribution in [0.1, 0.15) is 36.5 Å². The van der Waals surface area contributed by atoms with Gasteiger partial charge in [0, 0.05) is 7.11 Å². The molecule has 0 radical (unpaired) electrons. The summed E-state index contributed by atoms with van der Waals surface area (Å²) in [6.07, 6.45) is 3.20. The minimum Gasteiger partial charge on any atom is -0.380 e. The van der Waals surface area contributed by atoms with Gasteiger partial charge in [0.05, 0.1) is 12.1 Å². The molecule has 0 aromatic heterocycles. The van der Waals surface area contributed by atoms with Crippen LogP contribution in [0.2, 0.25) is 0 Å². The number of nitrogens with one attached hydrogen (secondary N) is 1. The number of rotatable bonds is 7. The first-order valence-corrected chi connectivity index (χ1v) is 6.67. The highest BCUT2D eigenvalue weighted by molar-refractivity contribution is 5.31. The van der Waals surface area contributed by atoms with Crippen LogP contribution in [0.5, 0.6) is 0 Å². The van der Waals surface area contributed by atoms with Crippen molar-refractivity contribution in [2.24, 2.45) is 5.84 Å². The van der Waals surface area contributed by atoms with E-state index in [4.69, 9.17) is 10.6 Å². The molecule has 0 bridgehead atoms. The summed E-state index contributed by atoms with van der Waals surface area (Å²) in [5.41, 5.74) is 6.85. The van der Waals surface area contributed by atoms with Crippen LogP contribution in [0, 0.1) is 13.8 Å². The van der Waals surface area contributed by atoms with Crippen molar-refractivity contribution in [3.05, 3.63) is 34.9 Å². The molecule has 1 aromatic carbocycles. The van der Waals surface area contributed by atoms with E-state index in [2.05, 4.69) is 44.4 Å². The van der Waals surface area contributed by atoms with Gasteiger partial charge in [-0.15, -0.1) is 0 Å². The van der Waals surface area contributed by atoms with E-state index in [0.717, 1.165) is 19.3 Å². The fourth-order valence-corrected chi connectivity index (χ4v) is 2.32. The topological polar surface area (TPSA) is 47.3 Å². The number of nitrogens with two attached hydrogens (primary N) is 1. The summed E-state index contributed by atoms with van der Waals surface area (Å²) in [5, 5.41) is 0. The maximum atomic E-state index is 5.69. The third-order valence-corrected chi connectivity index (χ3v) is 3.48. The Bertz CT molecular complexity index is 366. The van der Waals surface area contributed by atoms with Crippen LogP contribution in [0.15, 0.2) is 18.2 Å². The van der Waals surface area contributed by atoms with Crippen LogP contribution in [0.4, 0.5) is 0 Å². The lowest BCUT2D eigenvalue weighted by atomic mass is 9.95. The van der Waals surface area contributed by atoms with E-state index >= 15 is 0 Å². The summed E-state index contributed by atoms with van der Waals surface area (Å²) in [5.74, 6) is 5.69. The first-order chi connectivity index (χ1) is 8.62. The number of methoxy groups -OCH3 is 1. The normalized spacial score (nSPS) is 14.5. The standard InChI is InChI=1S/C15H26N2O/c1-5-6-15(18-4)14(17-16)10-13-9-11(2)7-8-12(13)3/h7-9,14-15,17H,5-6,10,16H2,1-4H3. The van der Waals surface area contributed by atoms with E-state index < -0.39 is 0 Å². The molecule has 3 nitrogen and oxygen atoms in total. The molecule has 1 aromatic rings. The fourth-order valence-electron chi connectivity index (χ4n) is 2.32. The Morgan fingerprint density at radius 2 is 2.06 bits per heavy atom. The van der Waals surface area contributed by atoms with Gasteiger partial charge in [-0.25, -0.2) is 0 Å². The lowest BCUT2D eigenvalue weighted by Crippen LogP contribution is -2.46. The smallest absolute Gasteiger partial charge is 0.0740 e. The number of ether oxygens (including phenoxy) is 1. The lowest BCUT2D eigenvalue weighted by Gasteiger charge is -2.26. The minimum absolute atomic E-state index is 0.162. The summed E-state index contributed by atoms with van der Waals surface area (Å²) in [4.78, 5) is 0. The number of hydrazine groups is 1. The van der Waals surface area contributed by atoms with Gasteiger partial charge in [-0.05, 0) is 37.8 Å². The van der Waals surface area contributed by atoms with Crippen LogP contribution >= 0.6 is 0 Å². The van der Waals surface area contributed by atoms with Crippen molar-refractivity contribution >= 4 is 0 Å². The summed E-state index contributed by atoms with van der Waals surface area (Å²) in [7, 11) is 1.76. The van der Waals surface area contributed by atoms with Gasteiger partial charge in [0.2, 0.25) is 0 Å². The molecule has 102 valence electrons. The predicted octanol–water partition coefficient (Wildman–Crippen LogP) is 2.49. The number of benzene rings is 1. The SMILES string of the molecule is CCCC(OC)C(Cc1cc(C)ccc1C)NN. The summed E-state index contributed by atoms with van der Waals surface area (Å²) in [6, 6.07) is 6.71. The molecule has 0 amide bonds. The number of hydrogen-bond donors (Lipinski definition) is 2. The molecule has 0 heterocycles. The Morgan fingerprint density at radius 3 is 2.61 bits per heavy atom. The monoisotopic (exact) mass is 250 g/mol. The second kappa shape index (κ2) is 7.52. The van der Waals surface area contributed by atoms with Gasteiger partial charge in [-0.3, -0.25) is 11.3 Å². The largest absolute Gasteiger partial charge is 0.380 e. The third-order valence-electron chi connectivity index (χ3n) is 3.48. The molecule has 0 aliphatic heterocycles. The average molecular weight is 250 g/mol. The molecule has 3 N–H and O–H groups in total. The first-order valence-electron chi connectivity index (χ1n) is 6.67. The molecule has 0 spiro atoms. The zero-order valence-electron chi connectivity index (χ0n) is 12.0. The molecular formula is C15H26N2O. The van der Waals surface area contributed by atoms with Crippen molar-refractivity contribution in [1.82, 2.24) is 5.43 Å². The summed E-state index contributed by atoms with van der Waals surface area (Å²) >= 11 is 0. The maximum absolute atomic E-state index is 5.69. The minimum atomic E-state index is 0.162. The molecule has 2 atom stereocenters. The second-order valence-electron chi connectivity index (χ2n) is 4.97. The molecule has 18 heavy (non-hydrogen) atoms. The van der Waals surface area contributed by atoms with Crippen molar-refractivity contribution in [3.63, 3.8) is 0 Å². The van der Waals surface area contributed by atoms with Gasteiger partial charge < -0.3 is 4.74 Å². The molecule has 0 aliphatic carbocycles. The molecule has 0 saturated heterocycles. The van der Waals surface area contributed by atoms with E-state index in [0.29, 0.717) is 0 Å². The van der Waals surface area contributed by atoms with E-state index in [-0.39, 0.29) is 12.1 Å². The highest BCUT2D eigenvalue weighted by atomic mass is 16.5. The van der Waals surface area contributed by atoms with Crippen LogP contribution < -0.4 is 11.3 Å². The summed E-state index contributed by atoms with van der Waals surface area (Å²) in [6.45, 7) is 6.43. The number of aryl methyl sites for hydroxylation is 2. The Balaban J connectivity index is 2.81. The molecule has 0 fully saturated rings. The summed E-state index contributed by atoms with van der Waals surface area (Å²) < 4.78 is 5.54. The van der Waals surface area contributed by atoms with Crippen molar-refractivity contribution < 1.29 is 4.74 Å². The Kier molecular flexibility index (Phi) is 6.33. The van der Waals surface area contributed by atoms with Crippen LogP contribution in [0.25, 0.3) is 0 Å². The van der Waals surface area contributed by atoms with Gasteiger partial charge in [-0.1, -0.05) is 37.1 Å². The maximum Gasteiger partial charge on any atom is 0.0740 e. The van der Waals surface area contributed by atoms with Crippen molar-refractivity contribution in [2.75, 3.05) is 7.11 Å². The molecule has 1 rings (SSSR count). The van der Waals surface area contributed by atoms with Crippen LogP contribution in [0.3, 0.4) is 0 Å². The lowest BCUT2D eigenvalue weighted by molar-refractivity contribution is 0.0609. The molecule has 3 heteroatoms. The van der Waals surface area contributed by atoms with Gasteiger partial charge in [-0.2, -0.15) is 0 Å². The first kappa shape index (κ1) is 15.2. The molecule has 0 aliphatic rings. The van der Waals surface area contributed by atoms with Crippen LogP contribution in [-0.2, 0) is 11.2 Å². The second-order valence-corrected chi connectivity index (χ2v) is 4.97. The number of hydrogen-bond acceptors (Lipinski definition) is 3. The van der Waals surface area contributed by atoms with Gasteiger partial charge in [0.25, 0.3) is 0 Å². The van der Waals surface area contributed by atoms with Gasteiger partial charge in [0.15, 0.2) is 0 Å². The van der Waals surface area contributed by atoms with E-state index in [9.17, 15) is 0 Å². The highest BCUT2D eigenvalue weighted by Gasteiger charge is 2.20. The Hall–Kier alpha value is -0.900. The fraction of sp³-hybridized carbons (Fsp3) is 0.600. The van der Waals surface area contributed by atoms with Crippen molar-refractivity contribution in [1.29, 1.82) is 0 Å². The van der Waals surface area contributed by atoms with E-state index in [1.54, 1.807) is 7.11 Å². The van der Waals surface area contributed by atoms with Crippen molar-refractivity contribution in [2.45, 2.75) is 52.2 Å².